The lowest BCUT2D eigenvalue weighted by Crippen LogP contribution is -2.28. The Morgan fingerprint density at radius 2 is 2.00 bits per heavy atom. The SMILES string of the molecule is Cc1nc(CNc2ccc([N+](=O)[O-])cc2S(=O)(=O)N2CCCC2)c(C)s1. The summed E-state index contributed by atoms with van der Waals surface area (Å²) in [6, 6.07) is 3.90. The molecule has 1 aliphatic heterocycles. The maximum atomic E-state index is 13.0. The van der Waals surface area contributed by atoms with Crippen LogP contribution in [0.3, 0.4) is 0 Å². The first-order valence-corrected chi connectivity index (χ1v) is 10.5. The predicted molar refractivity (Wildman–Crippen MR) is 100 cm³/mol. The van der Waals surface area contributed by atoms with Gasteiger partial charge in [0, 0.05) is 30.1 Å². The van der Waals surface area contributed by atoms with Crippen molar-refractivity contribution in [3.05, 3.63) is 43.9 Å². The summed E-state index contributed by atoms with van der Waals surface area (Å²) in [6.45, 7) is 5.11. The van der Waals surface area contributed by atoms with Gasteiger partial charge in [0.05, 0.1) is 27.9 Å². The summed E-state index contributed by atoms with van der Waals surface area (Å²) in [4.78, 5) is 16.0. The van der Waals surface area contributed by atoms with Gasteiger partial charge in [-0.1, -0.05) is 0 Å². The van der Waals surface area contributed by atoms with E-state index in [1.165, 1.54) is 16.4 Å². The molecule has 140 valence electrons. The zero-order valence-electron chi connectivity index (χ0n) is 14.6. The summed E-state index contributed by atoms with van der Waals surface area (Å²) in [5.41, 5.74) is 0.955. The smallest absolute Gasteiger partial charge is 0.270 e. The topological polar surface area (TPSA) is 105 Å². The molecule has 0 atom stereocenters. The van der Waals surface area contributed by atoms with Crippen molar-refractivity contribution in [1.82, 2.24) is 9.29 Å². The van der Waals surface area contributed by atoms with Crippen molar-refractivity contribution in [2.24, 2.45) is 0 Å². The molecule has 26 heavy (non-hydrogen) atoms. The molecule has 1 N–H and O–H groups in total. The maximum Gasteiger partial charge on any atom is 0.270 e. The third kappa shape index (κ3) is 3.71. The molecule has 0 unspecified atom stereocenters. The Labute approximate surface area is 156 Å². The van der Waals surface area contributed by atoms with Crippen molar-refractivity contribution in [3.63, 3.8) is 0 Å². The van der Waals surface area contributed by atoms with Crippen LogP contribution >= 0.6 is 11.3 Å². The van der Waals surface area contributed by atoms with Crippen LogP contribution in [0.25, 0.3) is 0 Å². The number of aryl methyl sites for hydroxylation is 2. The first-order valence-electron chi connectivity index (χ1n) is 8.24. The number of thiazole rings is 1. The highest BCUT2D eigenvalue weighted by molar-refractivity contribution is 7.89. The molecule has 1 fully saturated rings. The third-order valence-corrected chi connectivity index (χ3v) is 7.17. The van der Waals surface area contributed by atoms with Crippen molar-refractivity contribution in [1.29, 1.82) is 0 Å². The van der Waals surface area contributed by atoms with E-state index in [0.29, 0.717) is 25.3 Å². The van der Waals surface area contributed by atoms with Gasteiger partial charge in [0.1, 0.15) is 4.90 Å². The summed E-state index contributed by atoms with van der Waals surface area (Å²) in [5, 5.41) is 15.1. The van der Waals surface area contributed by atoms with E-state index < -0.39 is 14.9 Å². The van der Waals surface area contributed by atoms with E-state index in [-0.39, 0.29) is 10.6 Å². The maximum absolute atomic E-state index is 13.0. The molecule has 2 heterocycles. The summed E-state index contributed by atoms with van der Waals surface area (Å²) >= 11 is 1.57. The second kappa shape index (κ2) is 7.29. The van der Waals surface area contributed by atoms with Gasteiger partial charge >= 0.3 is 0 Å². The number of sulfonamides is 1. The quantitative estimate of drug-likeness (QED) is 0.594. The van der Waals surface area contributed by atoms with E-state index in [4.69, 9.17) is 0 Å². The molecule has 1 saturated heterocycles. The van der Waals surface area contributed by atoms with Crippen molar-refractivity contribution < 1.29 is 13.3 Å². The molecule has 0 saturated carbocycles. The number of non-ortho nitro benzene ring substituents is 1. The van der Waals surface area contributed by atoms with E-state index in [9.17, 15) is 18.5 Å². The van der Waals surface area contributed by atoms with Crippen LogP contribution in [-0.4, -0.2) is 35.7 Å². The molecule has 10 heteroatoms. The number of rotatable bonds is 6. The van der Waals surface area contributed by atoms with Gasteiger partial charge in [0.25, 0.3) is 5.69 Å². The summed E-state index contributed by atoms with van der Waals surface area (Å²) in [5.74, 6) is 0. The Morgan fingerprint density at radius 3 is 2.58 bits per heavy atom. The number of hydrogen-bond donors (Lipinski definition) is 1. The summed E-state index contributed by atoms with van der Waals surface area (Å²) in [7, 11) is -3.79. The first kappa shape index (κ1) is 18.7. The van der Waals surface area contributed by atoms with Crippen molar-refractivity contribution in [2.45, 2.75) is 38.1 Å². The van der Waals surface area contributed by atoms with Crippen LogP contribution < -0.4 is 5.32 Å². The second-order valence-electron chi connectivity index (χ2n) is 6.14. The standard InChI is InChI=1S/C16H20N4O4S2/c1-11-15(18-12(2)25-11)10-17-14-6-5-13(20(21)22)9-16(14)26(23,24)19-7-3-4-8-19/h5-6,9,17H,3-4,7-8,10H2,1-2H3. The monoisotopic (exact) mass is 396 g/mol. The molecule has 1 aromatic carbocycles. The number of nitrogens with one attached hydrogen (secondary N) is 1. The first-order chi connectivity index (χ1) is 12.3. The third-order valence-electron chi connectivity index (χ3n) is 4.30. The normalized spacial score (nSPS) is 15.3. The highest BCUT2D eigenvalue weighted by Crippen LogP contribution is 2.31. The minimum Gasteiger partial charge on any atom is -0.378 e. The second-order valence-corrected chi connectivity index (χ2v) is 9.45. The fourth-order valence-electron chi connectivity index (χ4n) is 2.97. The number of nitro benzene ring substituents is 1. The molecule has 3 rings (SSSR count). The zero-order valence-corrected chi connectivity index (χ0v) is 16.2. The van der Waals surface area contributed by atoms with E-state index in [0.717, 1.165) is 34.5 Å². The van der Waals surface area contributed by atoms with Crippen LogP contribution in [0.5, 0.6) is 0 Å². The van der Waals surface area contributed by atoms with Crippen molar-refractivity contribution in [2.75, 3.05) is 18.4 Å². The molecule has 0 bridgehead atoms. The minimum atomic E-state index is -3.79. The molecule has 2 aromatic rings. The fourth-order valence-corrected chi connectivity index (χ4v) is 5.51. The molecule has 1 aromatic heterocycles. The van der Waals surface area contributed by atoms with Gasteiger partial charge in [-0.3, -0.25) is 10.1 Å². The summed E-state index contributed by atoms with van der Waals surface area (Å²) in [6.07, 6.45) is 1.60. The highest BCUT2D eigenvalue weighted by atomic mass is 32.2. The van der Waals surface area contributed by atoms with Crippen molar-refractivity contribution in [3.8, 4) is 0 Å². The van der Waals surface area contributed by atoms with E-state index in [2.05, 4.69) is 10.3 Å². The number of benzene rings is 1. The van der Waals surface area contributed by atoms with E-state index in [1.807, 2.05) is 13.8 Å². The minimum absolute atomic E-state index is 0.0572. The Hall–Kier alpha value is -2.04. The lowest BCUT2D eigenvalue weighted by molar-refractivity contribution is -0.385. The van der Waals surface area contributed by atoms with Crippen LogP contribution in [0.15, 0.2) is 23.1 Å². The van der Waals surface area contributed by atoms with Crippen LogP contribution in [0.1, 0.15) is 28.4 Å². The largest absolute Gasteiger partial charge is 0.378 e. The lowest BCUT2D eigenvalue weighted by atomic mass is 10.2. The van der Waals surface area contributed by atoms with Crippen molar-refractivity contribution >= 4 is 32.7 Å². The van der Waals surface area contributed by atoms with Gasteiger partial charge < -0.3 is 5.32 Å². The van der Waals surface area contributed by atoms with Crippen LogP contribution in [0.4, 0.5) is 11.4 Å². The number of hydrogen-bond acceptors (Lipinski definition) is 7. The Bertz CT molecular complexity index is 934. The van der Waals surface area contributed by atoms with Crippen LogP contribution in [0, 0.1) is 24.0 Å². The van der Waals surface area contributed by atoms with E-state index in [1.54, 1.807) is 11.3 Å². The van der Waals surface area contributed by atoms with Gasteiger partial charge in [-0.2, -0.15) is 4.31 Å². The zero-order chi connectivity index (χ0) is 18.9. The fraction of sp³-hybridized carbons (Fsp3) is 0.438. The number of anilines is 1. The molecular weight excluding hydrogens is 376 g/mol. The van der Waals surface area contributed by atoms with Crippen LogP contribution in [0.2, 0.25) is 0 Å². The van der Waals surface area contributed by atoms with E-state index >= 15 is 0 Å². The van der Waals surface area contributed by atoms with Gasteiger partial charge in [-0.15, -0.1) is 11.3 Å². The predicted octanol–water partition coefficient (Wildman–Crippen LogP) is 3.06. The average Bonchev–Trinajstić information content (AvgIpc) is 3.23. The van der Waals surface area contributed by atoms with Gasteiger partial charge in [0.2, 0.25) is 10.0 Å². The number of nitro groups is 1. The molecule has 0 amide bonds. The molecule has 1 aliphatic rings. The highest BCUT2D eigenvalue weighted by Gasteiger charge is 2.31. The Balaban J connectivity index is 1.96. The van der Waals surface area contributed by atoms with Crippen LogP contribution in [-0.2, 0) is 16.6 Å². The average molecular weight is 396 g/mol. The van der Waals surface area contributed by atoms with Gasteiger partial charge in [0.15, 0.2) is 0 Å². The summed E-state index contributed by atoms with van der Waals surface area (Å²) < 4.78 is 27.3. The number of nitrogens with zero attached hydrogens (tertiary/aromatic N) is 3. The Morgan fingerprint density at radius 1 is 1.31 bits per heavy atom. The lowest BCUT2D eigenvalue weighted by Gasteiger charge is -2.18. The molecule has 0 spiro atoms. The molecular formula is C16H20N4O4S2. The molecule has 8 nitrogen and oxygen atoms in total. The van der Waals surface area contributed by atoms with Gasteiger partial charge in [-0.25, -0.2) is 13.4 Å². The Kier molecular flexibility index (Phi) is 5.26. The number of aromatic nitrogens is 1. The van der Waals surface area contributed by atoms with Gasteiger partial charge in [-0.05, 0) is 32.8 Å². The molecule has 0 aliphatic carbocycles. The molecule has 0 radical (unpaired) electrons.